The molecule has 0 unspecified atom stereocenters. The average molecular weight is 129 g/mol. The van der Waals surface area contributed by atoms with Crippen molar-refractivity contribution in [1.82, 2.24) is 0 Å². The van der Waals surface area contributed by atoms with Crippen LogP contribution >= 0.6 is 0 Å². The van der Waals surface area contributed by atoms with Crippen molar-refractivity contribution in [3.05, 3.63) is 0 Å². The van der Waals surface area contributed by atoms with E-state index in [2.05, 4.69) is 6.92 Å². The Labute approximate surface area is 56.1 Å². The Balaban J connectivity index is 2.35. The maximum Gasteiger partial charge on any atom is 0.0691 e. The first-order chi connectivity index (χ1) is 4.20. The van der Waals surface area contributed by atoms with Crippen LogP contribution in [0, 0.1) is 5.92 Å². The van der Waals surface area contributed by atoms with E-state index in [0.29, 0.717) is 5.92 Å². The van der Waals surface area contributed by atoms with Gasteiger partial charge in [-0.1, -0.05) is 6.92 Å². The molecule has 2 nitrogen and oxygen atoms in total. The maximum atomic E-state index is 9.17. The monoisotopic (exact) mass is 129 g/mol. The molecule has 3 atom stereocenters. The first-order valence-corrected chi connectivity index (χ1v) is 3.64. The van der Waals surface area contributed by atoms with Gasteiger partial charge in [-0.2, -0.15) is 0 Å². The third kappa shape index (κ3) is 1.66. The fourth-order valence-electron chi connectivity index (χ4n) is 1.41. The Morgan fingerprint density at radius 1 is 1.44 bits per heavy atom. The van der Waals surface area contributed by atoms with Crippen molar-refractivity contribution in [1.29, 1.82) is 0 Å². The minimum absolute atomic E-state index is 0.0359. The van der Waals surface area contributed by atoms with Crippen molar-refractivity contribution in [2.45, 2.75) is 38.3 Å². The highest BCUT2D eigenvalue weighted by Crippen LogP contribution is 2.22. The van der Waals surface area contributed by atoms with Gasteiger partial charge in [0.25, 0.3) is 0 Å². The molecule has 1 aliphatic carbocycles. The second-order valence-corrected chi connectivity index (χ2v) is 3.15. The Morgan fingerprint density at radius 2 is 2.11 bits per heavy atom. The number of hydrogen-bond acceptors (Lipinski definition) is 2. The van der Waals surface area contributed by atoms with Crippen LogP contribution in [-0.4, -0.2) is 17.3 Å². The molecule has 0 amide bonds. The summed E-state index contributed by atoms with van der Waals surface area (Å²) < 4.78 is 0. The van der Waals surface area contributed by atoms with Crippen LogP contribution in [0.3, 0.4) is 0 Å². The van der Waals surface area contributed by atoms with Crippen LogP contribution in [0.15, 0.2) is 0 Å². The first-order valence-electron chi connectivity index (χ1n) is 3.64. The van der Waals surface area contributed by atoms with Crippen LogP contribution < -0.4 is 5.73 Å². The van der Waals surface area contributed by atoms with Crippen LogP contribution in [0.5, 0.6) is 0 Å². The van der Waals surface area contributed by atoms with Crippen molar-refractivity contribution < 1.29 is 5.11 Å². The van der Waals surface area contributed by atoms with E-state index >= 15 is 0 Å². The average Bonchev–Trinajstić information content (AvgIpc) is 1.80. The molecule has 0 spiro atoms. The van der Waals surface area contributed by atoms with Crippen molar-refractivity contribution in [3.63, 3.8) is 0 Å². The van der Waals surface area contributed by atoms with E-state index in [1.165, 1.54) is 0 Å². The summed E-state index contributed by atoms with van der Waals surface area (Å²) in [6.45, 7) is 2.19. The Bertz CT molecular complexity index is 94.9. The van der Waals surface area contributed by atoms with Gasteiger partial charge in [0.1, 0.15) is 0 Å². The van der Waals surface area contributed by atoms with Gasteiger partial charge < -0.3 is 10.8 Å². The number of rotatable bonds is 0. The maximum absolute atomic E-state index is 9.17. The Hall–Kier alpha value is -0.0800. The predicted octanol–water partition coefficient (Wildman–Crippen LogP) is 0.495. The molecule has 0 saturated heterocycles. The lowest BCUT2D eigenvalue weighted by atomic mass is 9.86. The van der Waals surface area contributed by atoms with Crippen LogP contribution in [0.1, 0.15) is 26.2 Å². The lowest BCUT2D eigenvalue weighted by molar-refractivity contribution is 0.0906. The van der Waals surface area contributed by atoms with E-state index in [-0.39, 0.29) is 12.1 Å². The summed E-state index contributed by atoms with van der Waals surface area (Å²) in [5.41, 5.74) is 5.62. The third-order valence-electron chi connectivity index (χ3n) is 2.12. The van der Waals surface area contributed by atoms with E-state index < -0.39 is 0 Å². The largest absolute Gasteiger partial charge is 0.392 e. The summed E-state index contributed by atoms with van der Waals surface area (Å²) in [5.74, 6) is 0.711. The summed E-state index contributed by atoms with van der Waals surface area (Å²) in [6, 6.07) is 0.0359. The smallest absolute Gasteiger partial charge is 0.0691 e. The van der Waals surface area contributed by atoms with Gasteiger partial charge >= 0.3 is 0 Å². The number of hydrogen-bond donors (Lipinski definition) is 2. The van der Waals surface area contributed by atoms with Crippen molar-refractivity contribution in [2.75, 3.05) is 0 Å². The van der Waals surface area contributed by atoms with Gasteiger partial charge in [0.05, 0.1) is 6.10 Å². The first kappa shape index (κ1) is 7.03. The molecular formula is C7H15NO. The standard InChI is InChI=1S/C7H15NO/c1-5-2-3-7(9)6(8)4-5/h5-7,9H,2-4,8H2,1H3/t5-,6-,7+/m1/s1. The topological polar surface area (TPSA) is 46.2 Å². The molecule has 1 rings (SSSR count). The number of aliphatic hydroxyl groups excluding tert-OH is 1. The van der Waals surface area contributed by atoms with Crippen LogP contribution in [-0.2, 0) is 0 Å². The molecule has 54 valence electrons. The SMILES string of the molecule is C[C@@H]1CC[C@H](O)[C@H](N)C1. The predicted molar refractivity (Wildman–Crippen MR) is 37.0 cm³/mol. The fourth-order valence-corrected chi connectivity index (χ4v) is 1.41. The molecule has 0 bridgehead atoms. The zero-order valence-corrected chi connectivity index (χ0v) is 5.88. The van der Waals surface area contributed by atoms with E-state index in [4.69, 9.17) is 5.73 Å². The van der Waals surface area contributed by atoms with Gasteiger partial charge in [0.2, 0.25) is 0 Å². The summed E-state index contributed by atoms with van der Waals surface area (Å²) in [5, 5.41) is 9.17. The molecule has 0 aromatic heterocycles. The highest BCUT2D eigenvalue weighted by molar-refractivity contribution is 4.79. The third-order valence-corrected chi connectivity index (χ3v) is 2.12. The van der Waals surface area contributed by atoms with Gasteiger partial charge in [-0.15, -0.1) is 0 Å². The quantitative estimate of drug-likeness (QED) is 0.500. The van der Waals surface area contributed by atoms with Crippen molar-refractivity contribution in [3.8, 4) is 0 Å². The molecule has 9 heavy (non-hydrogen) atoms. The van der Waals surface area contributed by atoms with Crippen molar-refractivity contribution >= 4 is 0 Å². The lowest BCUT2D eigenvalue weighted by Crippen LogP contribution is -2.39. The second kappa shape index (κ2) is 2.67. The number of nitrogens with two attached hydrogens (primary N) is 1. The molecule has 0 aromatic carbocycles. The molecule has 3 N–H and O–H groups in total. The molecule has 0 aromatic rings. The van der Waals surface area contributed by atoms with E-state index in [1.807, 2.05) is 0 Å². The molecular weight excluding hydrogens is 114 g/mol. The summed E-state index contributed by atoms with van der Waals surface area (Å²) in [7, 11) is 0. The van der Waals surface area contributed by atoms with E-state index in [1.54, 1.807) is 0 Å². The van der Waals surface area contributed by atoms with Crippen LogP contribution in [0.2, 0.25) is 0 Å². The summed E-state index contributed by atoms with van der Waals surface area (Å²) >= 11 is 0. The Morgan fingerprint density at radius 3 is 2.56 bits per heavy atom. The molecule has 0 heterocycles. The number of aliphatic hydroxyl groups is 1. The summed E-state index contributed by atoms with van der Waals surface area (Å²) in [6.07, 6.45) is 2.78. The van der Waals surface area contributed by atoms with E-state index in [9.17, 15) is 5.11 Å². The highest BCUT2D eigenvalue weighted by Gasteiger charge is 2.23. The van der Waals surface area contributed by atoms with Crippen LogP contribution in [0.4, 0.5) is 0 Å². The second-order valence-electron chi connectivity index (χ2n) is 3.15. The van der Waals surface area contributed by atoms with E-state index in [0.717, 1.165) is 19.3 Å². The highest BCUT2D eigenvalue weighted by atomic mass is 16.3. The zero-order valence-electron chi connectivity index (χ0n) is 5.88. The van der Waals surface area contributed by atoms with Crippen LogP contribution in [0.25, 0.3) is 0 Å². The molecule has 0 radical (unpaired) electrons. The van der Waals surface area contributed by atoms with Gasteiger partial charge in [0, 0.05) is 6.04 Å². The fraction of sp³-hybridized carbons (Fsp3) is 1.00. The molecule has 1 saturated carbocycles. The van der Waals surface area contributed by atoms with Gasteiger partial charge in [-0.25, -0.2) is 0 Å². The zero-order chi connectivity index (χ0) is 6.85. The minimum atomic E-state index is -0.235. The van der Waals surface area contributed by atoms with Crippen molar-refractivity contribution in [2.24, 2.45) is 11.7 Å². The molecule has 1 fully saturated rings. The normalized spacial score (nSPS) is 45.0. The van der Waals surface area contributed by atoms with Gasteiger partial charge in [-0.05, 0) is 25.2 Å². The van der Waals surface area contributed by atoms with Gasteiger partial charge in [-0.3, -0.25) is 0 Å². The molecule has 2 heteroatoms. The minimum Gasteiger partial charge on any atom is -0.392 e. The lowest BCUT2D eigenvalue weighted by Gasteiger charge is -2.28. The molecule has 1 aliphatic rings. The Kier molecular flexibility index (Phi) is 2.09. The summed E-state index contributed by atoms with van der Waals surface area (Å²) in [4.78, 5) is 0. The van der Waals surface area contributed by atoms with Gasteiger partial charge in [0.15, 0.2) is 0 Å². The molecule has 0 aliphatic heterocycles.